The Morgan fingerprint density at radius 3 is 2.24 bits per heavy atom. The van der Waals surface area contributed by atoms with Crippen molar-refractivity contribution in [2.24, 2.45) is 0 Å². The largest absolute Gasteiger partial charge is 0.338 e. The van der Waals surface area contributed by atoms with E-state index in [4.69, 9.17) is 16.1 Å². The second kappa shape index (κ2) is 10.0. The van der Waals surface area contributed by atoms with E-state index in [1.54, 1.807) is 0 Å². The summed E-state index contributed by atoms with van der Waals surface area (Å²) in [6.07, 6.45) is 0.639. The minimum absolute atomic E-state index is 0.509. The van der Waals surface area contributed by atoms with Gasteiger partial charge in [0, 0.05) is 17.0 Å². The van der Waals surface area contributed by atoms with Gasteiger partial charge in [-0.1, -0.05) is 89.2 Å². The summed E-state index contributed by atoms with van der Waals surface area (Å²) in [6.45, 7) is 0.650. The lowest BCUT2D eigenvalue weighted by Gasteiger charge is -2.10. The Hall–Kier alpha value is -3.42. The lowest BCUT2D eigenvalue weighted by Crippen LogP contribution is -2.04. The van der Waals surface area contributed by atoms with E-state index in [0.29, 0.717) is 35.5 Å². The van der Waals surface area contributed by atoms with E-state index in [-0.39, 0.29) is 0 Å². The molecule has 0 atom stereocenters. The van der Waals surface area contributed by atoms with Crippen LogP contribution in [-0.4, -0.2) is 24.9 Å². The fourth-order valence-electron chi connectivity index (χ4n) is 3.44. The molecule has 3 aromatic carbocycles. The van der Waals surface area contributed by atoms with Crippen molar-refractivity contribution in [2.45, 2.75) is 23.9 Å². The van der Waals surface area contributed by atoms with Gasteiger partial charge in [0.2, 0.25) is 5.89 Å². The number of hydrogen-bond acceptors (Lipinski definition) is 6. The highest BCUT2D eigenvalue weighted by Crippen LogP contribution is 2.28. The summed E-state index contributed by atoms with van der Waals surface area (Å²) in [7, 11) is 0. The molecular weight excluding hydrogens is 454 g/mol. The van der Waals surface area contributed by atoms with Crippen LogP contribution >= 0.6 is 23.4 Å². The highest BCUT2D eigenvalue weighted by Gasteiger charge is 2.17. The SMILES string of the molecule is Clc1ccc(-c2nnc(SCc3nc(Cc4ccccc4)no3)n2Cc2ccccc2)cc1. The second-order valence-corrected chi connectivity index (χ2v) is 8.82. The zero-order valence-corrected chi connectivity index (χ0v) is 19.2. The van der Waals surface area contributed by atoms with E-state index in [9.17, 15) is 0 Å². The quantitative estimate of drug-likeness (QED) is 0.261. The maximum atomic E-state index is 6.07. The highest BCUT2D eigenvalue weighted by atomic mass is 35.5. The molecule has 0 unspecified atom stereocenters. The number of nitrogens with zero attached hydrogens (tertiary/aromatic N) is 5. The van der Waals surface area contributed by atoms with Crippen molar-refractivity contribution < 1.29 is 4.52 Å². The molecule has 0 aliphatic heterocycles. The van der Waals surface area contributed by atoms with E-state index in [1.165, 1.54) is 11.8 Å². The molecule has 164 valence electrons. The molecule has 33 heavy (non-hydrogen) atoms. The van der Waals surface area contributed by atoms with E-state index in [0.717, 1.165) is 27.7 Å². The Morgan fingerprint density at radius 1 is 0.818 bits per heavy atom. The van der Waals surface area contributed by atoms with Crippen LogP contribution in [0.1, 0.15) is 22.8 Å². The third-order valence-electron chi connectivity index (χ3n) is 5.04. The van der Waals surface area contributed by atoms with Crippen molar-refractivity contribution >= 4 is 23.4 Å². The average molecular weight is 474 g/mol. The highest BCUT2D eigenvalue weighted by molar-refractivity contribution is 7.98. The molecule has 0 spiro atoms. The van der Waals surface area contributed by atoms with Crippen LogP contribution in [0.4, 0.5) is 0 Å². The molecule has 0 bridgehead atoms. The number of thioether (sulfide) groups is 1. The number of aromatic nitrogens is 5. The average Bonchev–Trinajstić information content (AvgIpc) is 3.46. The Bertz CT molecular complexity index is 1320. The van der Waals surface area contributed by atoms with Gasteiger partial charge in [0.1, 0.15) is 0 Å². The van der Waals surface area contributed by atoms with Crippen LogP contribution < -0.4 is 0 Å². The summed E-state index contributed by atoms with van der Waals surface area (Å²) >= 11 is 7.60. The van der Waals surface area contributed by atoms with Crippen molar-refractivity contribution in [3.8, 4) is 11.4 Å². The summed E-state index contributed by atoms with van der Waals surface area (Å²) in [4.78, 5) is 4.54. The maximum absolute atomic E-state index is 6.07. The minimum atomic E-state index is 0.509. The topological polar surface area (TPSA) is 69.6 Å². The fourth-order valence-corrected chi connectivity index (χ4v) is 4.34. The van der Waals surface area contributed by atoms with Gasteiger partial charge in [0.25, 0.3) is 0 Å². The molecule has 0 radical (unpaired) electrons. The molecule has 5 rings (SSSR count). The van der Waals surface area contributed by atoms with Gasteiger partial charge in [0.05, 0.1) is 12.3 Å². The molecule has 0 saturated heterocycles. The van der Waals surface area contributed by atoms with Crippen molar-refractivity contribution in [3.05, 3.63) is 113 Å². The smallest absolute Gasteiger partial charge is 0.237 e. The summed E-state index contributed by atoms with van der Waals surface area (Å²) in [5.41, 5.74) is 3.27. The minimum Gasteiger partial charge on any atom is -0.338 e. The number of rotatable bonds is 8. The van der Waals surface area contributed by atoms with E-state index < -0.39 is 0 Å². The second-order valence-electron chi connectivity index (χ2n) is 7.44. The molecule has 8 heteroatoms. The van der Waals surface area contributed by atoms with Gasteiger partial charge >= 0.3 is 0 Å². The summed E-state index contributed by atoms with van der Waals surface area (Å²) in [6, 6.07) is 28.0. The standard InChI is InChI=1S/C25H20ClN5OS/c26-21-13-11-20(12-14-21)24-28-29-25(31(24)16-19-9-5-2-6-10-19)33-17-23-27-22(30-32-23)15-18-7-3-1-4-8-18/h1-14H,15-17H2. The van der Waals surface area contributed by atoms with Crippen molar-refractivity contribution in [1.29, 1.82) is 0 Å². The Kier molecular flexibility index (Phi) is 6.51. The van der Waals surface area contributed by atoms with Gasteiger partial charge in [-0.3, -0.25) is 4.57 Å². The molecule has 2 aromatic heterocycles. The normalized spacial score (nSPS) is 11.1. The molecule has 0 N–H and O–H groups in total. The van der Waals surface area contributed by atoms with Crippen LogP contribution in [0.15, 0.2) is 94.6 Å². The summed E-state index contributed by atoms with van der Waals surface area (Å²) in [5, 5.41) is 14.5. The van der Waals surface area contributed by atoms with Gasteiger partial charge in [-0.05, 0) is 35.4 Å². The van der Waals surface area contributed by atoms with Crippen LogP contribution in [0.25, 0.3) is 11.4 Å². The first kappa shape index (κ1) is 21.4. The summed E-state index contributed by atoms with van der Waals surface area (Å²) in [5.74, 6) is 2.53. The maximum Gasteiger partial charge on any atom is 0.237 e. The van der Waals surface area contributed by atoms with Crippen LogP contribution in [0.5, 0.6) is 0 Å². The van der Waals surface area contributed by atoms with Gasteiger partial charge in [-0.15, -0.1) is 10.2 Å². The number of benzene rings is 3. The zero-order valence-electron chi connectivity index (χ0n) is 17.6. The molecule has 0 amide bonds. The van der Waals surface area contributed by atoms with Gasteiger partial charge in [-0.2, -0.15) is 4.98 Å². The van der Waals surface area contributed by atoms with Gasteiger partial charge < -0.3 is 4.52 Å². The zero-order chi connectivity index (χ0) is 22.5. The Morgan fingerprint density at radius 2 is 1.52 bits per heavy atom. The van der Waals surface area contributed by atoms with Gasteiger partial charge in [0.15, 0.2) is 16.8 Å². The van der Waals surface area contributed by atoms with Crippen molar-refractivity contribution in [1.82, 2.24) is 24.9 Å². The number of hydrogen-bond donors (Lipinski definition) is 0. The van der Waals surface area contributed by atoms with Crippen molar-refractivity contribution in [3.63, 3.8) is 0 Å². The van der Waals surface area contributed by atoms with Gasteiger partial charge in [-0.25, -0.2) is 0 Å². The molecule has 0 aliphatic carbocycles. The first-order valence-electron chi connectivity index (χ1n) is 10.5. The molecule has 0 saturated carbocycles. The molecule has 0 fully saturated rings. The lowest BCUT2D eigenvalue weighted by molar-refractivity contribution is 0.385. The van der Waals surface area contributed by atoms with Crippen LogP contribution in [-0.2, 0) is 18.7 Å². The Balaban J connectivity index is 1.36. The van der Waals surface area contributed by atoms with E-state index in [2.05, 4.69) is 49.2 Å². The first-order valence-corrected chi connectivity index (χ1v) is 11.8. The molecule has 5 aromatic rings. The van der Waals surface area contributed by atoms with E-state index in [1.807, 2.05) is 60.7 Å². The molecule has 2 heterocycles. The van der Waals surface area contributed by atoms with Crippen LogP contribution in [0.2, 0.25) is 5.02 Å². The summed E-state index contributed by atoms with van der Waals surface area (Å²) < 4.78 is 7.57. The van der Waals surface area contributed by atoms with E-state index >= 15 is 0 Å². The van der Waals surface area contributed by atoms with Crippen molar-refractivity contribution in [2.75, 3.05) is 0 Å². The van der Waals surface area contributed by atoms with Crippen LogP contribution in [0.3, 0.4) is 0 Å². The lowest BCUT2D eigenvalue weighted by atomic mass is 10.1. The number of halogens is 1. The molecule has 6 nitrogen and oxygen atoms in total. The monoisotopic (exact) mass is 473 g/mol. The molecule has 0 aliphatic rings. The van der Waals surface area contributed by atoms with Crippen LogP contribution in [0, 0.1) is 0 Å². The third kappa shape index (κ3) is 5.32. The molecular formula is C25H20ClN5OS. The fraction of sp³-hybridized carbons (Fsp3) is 0.120. The predicted octanol–water partition coefficient (Wildman–Crippen LogP) is 5.91. The first-order chi connectivity index (χ1) is 16.2. The Labute approximate surface area is 200 Å². The third-order valence-corrected chi connectivity index (χ3v) is 6.25. The predicted molar refractivity (Wildman–Crippen MR) is 129 cm³/mol.